The van der Waals surface area contributed by atoms with Gasteiger partial charge in [0.15, 0.2) is 0 Å². The molecule has 1 fully saturated rings. The number of nitrogens with two attached hydrogens (primary N) is 1. The molecule has 0 saturated carbocycles. The van der Waals surface area contributed by atoms with Crippen molar-refractivity contribution in [1.29, 1.82) is 0 Å². The lowest BCUT2D eigenvalue weighted by Gasteiger charge is -2.24. The number of sulfonamides is 1. The Morgan fingerprint density at radius 3 is 2.76 bits per heavy atom. The third-order valence-electron chi connectivity index (χ3n) is 4.25. The lowest BCUT2D eigenvalue weighted by molar-refractivity contribution is 0.279. The van der Waals surface area contributed by atoms with E-state index >= 15 is 0 Å². The first-order valence-electron chi connectivity index (χ1n) is 7.35. The third-order valence-corrected chi connectivity index (χ3v) is 6.10. The van der Waals surface area contributed by atoms with Crippen molar-refractivity contribution in [1.82, 2.24) is 4.31 Å². The van der Waals surface area contributed by atoms with Crippen molar-refractivity contribution >= 4 is 15.7 Å². The van der Waals surface area contributed by atoms with Crippen LogP contribution in [0, 0.1) is 5.41 Å². The largest absolute Gasteiger partial charge is 0.492 e. The standard InChI is InChI=1S/C15H22N2O3S/c1-15(2)5-6-17(10-15)21(18,19)13-9-12(16)8-11-4-3-7-20-14(11)13/h8-9H,3-7,10,16H2,1-2H3. The molecule has 3 rings (SSSR count). The summed E-state index contributed by atoms with van der Waals surface area (Å²) in [7, 11) is -3.55. The van der Waals surface area contributed by atoms with Gasteiger partial charge in [0.25, 0.3) is 0 Å². The van der Waals surface area contributed by atoms with Crippen LogP contribution < -0.4 is 10.5 Å². The fourth-order valence-electron chi connectivity index (χ4n) is 3.07. The minimum atomic E-state index is -3.55. The first-order chi connectivity index (χ1) is 9.79. The molecule has 6 heteroatoms. The quantitative estimate of drug-likeness (QED) is 0.848. The highest BCUT2D eigenvalue weighted by molar-refractivity contribution is 7.89. The molecule has 1 aromatic carbocycles. The van der Waals surface area contributed by atoms with Crippen molar-refractivity contribution in [2.24, 2.45) is 5.41 Å². The topological polar surface area (TPSA) is 72.6 Å². The summed E-state index contributed by atoms with van der Waals surface area (Å²) in [4.78, 5) is 0.231. The molecule has 0 atom stereocenters. The van der Waals surface area contributed by atoms with Gasteiger partial charge in [0.2, 0.25) is 10.0 Å². The number of benzene rings is 1. The summed E-state index contributed by atoms with van der Waals surface area (Å²) in [5.41, 5.74) is 7.30. The molecule has 5 nitrogen and oxygen atoms in total. The lowest BCUT2D eigenvalue weighted by Crippen LogP contribution is -2.31. The Labute approximate surface area is 126 Å². The van der Waals surface area contributed by atoms with Crippen LogP contribution in [0.3, 0.4) is 0 Å². The van der Waals surface area contributed by atoms with E-state index in [2.05, 4.69) is 13.8 Å². The molecule has 0 aromatic heterocycles. The Balaban J connectivity index is 2.05. The Bertz CT molecular complexity index is 668. The Hall–Kier alpha value is -1.27. The molecule has 0 radical (unpaired) electrons. The van der Waals surface area contributed by atoms with Crippen molar-refractivity contribution < 1.29 is 13.2 Å². The number of aryl methyl sites for hydroxylation is 1. The molecule has 0 aliphatic carbocycles. The molecule has 2 heterocycles. The number of anilines is 1. The van der Waals surface area contributed by atoms with E-state index in [4.69, 9.17) is 10.5 Å². The van der Waals surface area contributed by atoms with Crippen LogP contribution >= 0.6 is 0 Å². The number of fused-ring (bicyclic) bond motifs is 1. The molecule has 2 aliphatic rings. The normalized spacial score (nSPS) is 21.8. The molecular formula is C15H22N2O3S. The van der Waals surface area contributed by atoms with Gasteiger partial charge in [-0.15, -0.1) is 0 Å². The van der Waals surface area contributed by atoms with Gasteiger partial charge >= 0.3 is 0 Å². The van der Waals surface area contributed by atoms with Crippen LogP contribution in [-0.4, -0.2) is 32.4 Å². The van der Waals surface area contributed by atoms with Crippen LogP contribution in [0.4, 0.5) is 5.69 Å². The number of nitrogen functional groups attached to an aromatic ring is 1. The number of nitrogens with zero attached hydrogens (tertiary/aromatic N) is 1. The van der Waals surface area contributed by atoms with Gasteiger partial charge in [0, 0.05) is 18.8 Å². The minimum absolute atomic E-state index is 0.0221. The molecule has 1 aromatic rings. The molecule has 21 heavy (non-hydrogen) atoms. The number of rotatable bonds is 2. The van der Waals surface area contributed by atoms with E-state index in [1.165, 1.54) is 6.07 Å². The Kier molecular flexibility index (Phi) is 3.41. The third kappa shape index (κ3) is 2.62. The van der Waals surface area contributed by atoms with Crippen LogP contribution in [0.15, 0.2) is 17.0 Å². The smallest absolute Gasteiger partial charge is 0.246 e. The zero-order valence-corrected chi connectivity index (χ0v) is 13.4. The summed E-state index contributed by atoms with van der Waals surface area (Å²) in [6.45, 7) is 5.84. The van der Waals surface area contributed by atoms with Crippen LogP contribution in [0.2, 0.25) is 0 Å². The first-order valence-corrected chi connectivity index (χ1v) is 8.79. The minimum Gasteiger partial charge on any atom is -0.492 e. The maximum absolute atomic E-state index is 12.9. The molecule has 0 amide bonds. The second-order valence-electron chi connectivity index (χ2n) is 6.71. The molecular weight excluding hydrogens is 288 g/mol. The summed E-state index contributed by atoms with van der Waals surface area (Å²) in [5, 5.41) is 0. The number of hydrogen-bond acceptors (Lipinski definition) is 4. The molecule has 2 aliphatic heterocycles. The van der Waals surface area contributed by atoms with Gasteiger partial charge in [0.1, 0.15) is 10.6 Å². The van der Waals surface area contributed by atoms with E-state index in [0.717, 1.165) is 24.8 Å². The molecule has 1 saturated heterocycles. The molecule has 0 bridgehead atoms. The lowest BCUT2D eigenvalue weighted by atomic mass is 9.93. The van der Waals surface area contributed by atoms with Gasteiger partial charge in [-0.3, -0.25) is 0 Å². The molecule has 116 valence electrons. The monoisotopic (exact) mass is 310 g/mol. The van der Waals surface area contributed by atoms with Crippen LogP contribution in [0.5, 0.6) is 5.75 Å². The average molecular weight is 310 g/mol. The average Bonchev–Trinajstić information content (AvgIpc) is 2.78. The van der Waals surface area contributed by atoms with Crippen molar-refractivity contribution in [3.05, 3.63) is 17.7 Å². The van der Waals surface area contributed by atoms with Crippen molar-refractivity contribution in [3.63, 3.8) is 0 Å². The van der Waals surface area contributed by atoms with Gasteiger partial charge in [-0.25, -0.2) is 8.42 Å². The van der Waals surface area contributed by atoms with Gasteiger partial charge in [-0.2, -0.15) is 4.31 Å². The van der Waals surface area contributed by atoms with E-state index in [9.17, 15) is 8.42 Å². The second-order valence-corrected chi connectivity index (χ2v) is 8.62. The summed E-state index contributed by atoms with van der Waals surface area (Å²) < 4.78 is 33.1. The van der Waals surface area contributed by atoms with E-state index in [1.54, 1.807) is 4.31 Å². The highest BCUT2D eigenvalue weighted by Gasteiger charge is 2.38. The zero-order chi connectivity index (χ0) is 15.3. The van der Waals surface area contributed by atoms with E-state index in [1.807, 2.05) is 6.07 Å². The van der Waals surface area contributed by atoms with Crippen molar-refractivity contribution in [3.8, 4) is 5.75 Å². The maximum Gasteiger partial charge on any atom is 0.246 e. The maximum atomic E-state index is 12.9. The summed E-state index contributed by atoms with van der Waals surface area (Å²) in [5.74, 6) is 0.500. The van der Waals surface area contributed by atoms with Crippen molar-refractivity contribution in [2.45, 2.75) is 38.0 Å². The highest BCUT2D eigenvalue weighted by Crippen LogP contribution is 2.39. The first kappa shape index (κ1) is 14.7. The van der Waals surface area contributed by atoms with Gasteiger partial charge in [-0.1, -0.05) is 13.8 Å². The van der Waals surface area contributed by atoms with Crippen LogP contribution in [0.25, 0.3) is 0 Å². The van der Waals surface area contributed by atoms with Gasteiger partial charge in [-0.05, 0) is 42.4 Å². The summed E-state index contributed by atoms with van der Waals surface area (Å²) in [6.07, 6.45) is 2.58. The number of ether oxygens (including phenoxy) is 1. The second kappa shape index (κ2) is 4.88. The van der Waals surface area contributed by atoms with Crippen LogP contribution in [-0.2, 0) is 16.4 Å². The predicted molar refractivity (Wildman–Crippen MR) is 81.8 cm³/mol. The van der Waals surface area contributed by atoms with Gasteiger partial charge < -0.3 is 10.5 Å². The molecule has 2 N–H and O–H groups in total. The Morgan fingerprint density at radius 2 is 2.10 bits per heavy atom. The molecule has 0 spiro atoms. The van der Waals surface area contributed by atoms with E-state index in [-0.39, 0.29) is 10.3 Å². The molecule has 0 unspecified atom stereocenters. The zero-order valence-electron chi connectivity index (χ0n) is 12.6. The van der Waals surface area contributed by atoms with Crippen molar-refractivity contribution in [2.75, 3.05) is 25.4 Å². The summed E-state index contributed by atoms with van der Waals surface area (Å²) in [6, 6.07) is 3.35. The Morgan fingerprint density at radius 1 is 1.33 bits per heavy atom. The SMILES string of the molecule is CC1(C)CCN(S(=O)(=O)c2cc(N)cc3c2OCCC3)C1. The van der Waals surface area contributed by atoms with Gasteiger partial charge in [0.05, 0.1) is 6.61 Å². The van der Waals surface area contributed by atoms with E-state index in [0.29, 0.717) is 31.1 Å². The summed E-state index contributed by atoms with van der Waals surface area (Å²) >= 11 is 0. The van der Waals surface area contributed by atoms with Crippen LogP contribution in [0.1, 0.15) is 32.3 Å². The fraction of sp³-hybridized carbons (Fsp3) is 0.600. The number of hydrogen-bond donors (Lipinski definition) is 1. The highest BCUT2D eigenvalue weighted by atomic mass is 32.2. The predicted octanol–water partition coefficient (Wildman–Crippen LogP) is 2.01. The fourth-order valence-corrected chi connectivity index (χ4v) is 4.91. The van der Waals surface area contributed by atoms with E-state index < -0.39 is 10.0 Å².